The molecule has 2 rings (SSSR count). The van der Waals surface area contributed by atoms with Gasteiger partial charge in [0.2, 0.25) is 0 Å². The molecule has 1 aliphatic rings. The summed E-state index contributed by atoms with van der Waals surface area (Å²) in [4.78, 5) is 4.73. The van der Waals surface area contributed by atoms with Gasteiger partial charge in [0, 0.05) is 13.1 Å². The summed E-state index contributed by atoms with van der Waals surface area (Å²) in [5.41, 5.74) is -3.15. The number of thioether (sulfide) groups is 1. The lowest BCUT2D eigenvalue weighted by Gasteiger charge is -2.39. The molecule has 8 heteroatoms. The molecule has 0 fully saturated rings. The first-order chi connectivity index (χ1) is 8.79. The molecule has 0 saturated carbocycles. The quantitative estimate of drug-likeness (QED) is 0.864. The minimum absolute atomic E-state index is 0.0488. The van der Waals surface area contributed by atoms with E-state index in [0.717, 1.165) is 18.8 Å². The molecule has 1 aromatic rings. The molecule has 19 heavy (non-hydrogen) atoms. The Morgan fingerprint density at radius 2 is 2.16 bits per heavy atom. The van der Waals surface area contributed by atoms with Crippen molar-refractivity contribution in [2.75, 3.05) is 13.3 Å². The second-order valence-electron chi connectivity index (χ2n) is 3.89. The Bertz CT molecular complexity index is 525. The molecular weight excluding hydrogens is 281 g/mol. The van der Waals surface area contributed by atoms with Gasteiger partial charge in [-0.15, -0.1) is 0 Å². The predicted octanol–water partition coefficient (Wildman–Crippen LogP) is 2.54. The highest BCUT2D eigenvalue weighted by Gasteiger charge is 2.58. The lowest BCUT2D eigenvalue weighted by Crippen LogP contribution is -2.58. The number of hydrogen-bond donors (Lipinski definition) is 1. The van der Waals surface area contributed by atoms with E-state index in [-0.39, 0.29) is 16.6 Å². The van der Waals surface area contributed by atoms with E-state index in [1.54, 1.807) is 6.26 Å². The molecule has 0 saturated heterocycles. The Balaban J connectivity index is 2.55. The molecule has 0 radical (unpaired) electrons. The van der Waals surface area contributed by atoms with Gasteiger partial charge >= 0.3 is 6.18 Å². The molecule has 104 valence electrons. The van der Waals surface area contributed by atoms with Gasteiger partial charge in [-0.25, -0.2) is 4.99 Å². The summed E-state index contributed by atoms with van der Waals surface area (Å²) in [7, 11) is 1.14. The first-order valence-electron chi connectivity index (χ1n) is 5.22. The number of furan rings is 1. The number of hydrogen-bond acceptors (Lipinski definition) is 5. The van der Waals surface area contributed by atoms with Crippen LogP contribution in [0.15, 0.2) is 33.9 Å². The average Bonchev–Trinajstić information content (AvgIpc) is 2.84. The molecule has 0 spiro atoms. The van der Waals surface area contributed by atoms with Crippen molar-refractivity contribution in [2.24, 2.45) is 4.99 Å². The number of amidine groups is 1. The van der Waals surface area contributed by atoms with Crippen LogP contribution in [-0.4, -0.2) is 40.4 Å². The second kappa shape index (κ2) is 4.61. The molecule has 1 unspecified atom stereocenters. The van der Waals surface area contributed by atoms with Crippen molar-refractivity contribution in [3.8, 4) is 0 Å². The number of alkyl halides is 3. The largest absolute Gasteiger partial charge is 0.463 e. The Morgan fingerprint density at radius 1 is 1.47 bits per heavy atom. The van der Waals surface area contributed by atoms with Crippen molar-refractivity contribution in [2.45, 2.75) is 11.9 Å². The minimum atomic E-state index is -4.85. The summed E-state index contributed by atoms with van der Waals surface area (Å²) in [6.07, 6.45) is -1.30. The van der Waals surface area contributed by atoms with Crippen LogP contribution in [0.4, 0.5) is 13.2 Å². The Labute approximate surface area is 111 Å². The summed E-state index contributed by atoms with van der Waals surface area (Å²) < 4.78 is 44.2. The first kappa shape index (κ1) is 14.0. The van der Waals surface area contributed by atoms with Gasteiger partial charge in [-0.05, 0) is 18.4 Å². The number of halogens is 3. The Kier molecular flexibility index (Phi) is 3.40. The van der Waals surface area contributed by atoms with Crippen LogP contribution in [0.5, 0.6) is 0 Å². The van der Waals surface area contributed by atoms with Crippen LogP contribution in [0.1, 0.15) is 5.76 Å². The van der Waals surface area contributed by atoms with E-state index >= 15 is 0 Å². The number of likely N-dealkylation sites (N-methyl/N-ethyl adjacent to an activating group) is 1. The standard InChI is InChI=1S/C11H11F3N2O2S/c1-16-9(19-2)15-7(8-4-3-5-18-8)6-10(16,17)11(12,13)14/h3-6,17H,1-2H3. The van der Waals surface area contributed by atoms with Crippen LogP contribution in [0.25, 0.3) is 5.70 Å². The van der Waals surface area contributed by atoms with E-state index in [1.807, 2.05) is 0 Å². The van der Waals surface area contributed by atoms with Crippen LogP contribution in [0.2, 0.25) is 0 Å². The zero-order valence-electron chi connectivity index (χ0n) is 10.1. The van der Waals surface area contributed by atoms with Crippen molar-refractivity contribution in [3.05, 3.63) is 30.2 Å². The summed E-state index contributed by atoms with van der Waals surface area (Å²) in [6, 6.07) is 3.02. The van der Waals surface area contributed by atoms with Gasteiger partial charge in [0.15, 0.2) is 10.9 Å². The highest BCUT2D eigenvalue weighted by molar-refractivity contribution is 8.13. The van der Waals surface area contributed by atoms with E-state index in [9.17, 15) is 18.3 Å². The van der Waals surface area contributed by atoms with Crippen molar-refractivity contribution in [3.63, 3.8) is 0 Å². The SMILES string of the molecule is CSC1=NC(c2ccco2)=CC(O)(C(F)(F)F)N1C. The zero-order chi connectivity index (χ0) is 14.3. The maximum atomic E-state index is 13.1. The van der Waals surface area contributed by atoms with Crippen molar-refractivity contribution in [1.29, 1.82) is 0 Å². The molecule has 1 aromatic heterocycles. The predicted molar refractivity (Wildman–Crippen MR) is 66.4 cm³/mol. The summed E-state index contributed by atoms with van der Waals surface area (Å²) in [6.45, 7) is 0. The Hall–Kier alpha value is -1.41. The van der Waals surface area contributed by atoms with Crippen LogP contribution < -0.4 is 0 Å². The average molecular weight is 292 g/mol. The molecule has 0 aromatic carbocycles. The zero-order valence-corrected chi connectivity index (χ0v) is 10.9. The summed E-state index contributed by atoms with van der Waals surface area (Å²) >= 11 is 1.01. The van der Waals surface area contributed by atoms with E-state index in [2.05, 4.69) is 4.99 Å². The number of aliphatic imine (C=N–C) groups is 1. The highest BCUT2D eigenvalue weighted by Crippen LogP contribution is 2.40. The lowest BCUT2D eigenvalue weighted by molar-refractivity contribution is -0.275. The lowest BCUT2D eigenvalue weighted by atomic mass is 10.1. The van der Waals surface area contributed by atoms with Gasteiger partial charge in [-0.1, -0.05) is 11.8 Å². The van der Waals surface area contributed by atoms with Crippen LogP contribution >= 0.6 is 11.8 Å². The van der Waals surface area contributed by atoms with E-state index < -0.39 is 11.9 Å². The normalized spacial score (nSPS) is 24.2. The van der Waals surface area contributed by atoms with Crippen molar-refractivity contribution >= 4 is 22.6 Å². The fourth-order valence-electron chi connectivity index (χ4n) is 1.65. The second-order valence-corrected chi connectivity index (χ2v) is 4.66. The number of aliphatic hydroxyl groups is 1. The van der Waals surface area contributed by atoms with E-state index in [0.29, 0.717) is 11.0 Å². The number of rotatable bonds is 1. The fourth-order valence-corrected chi connectivity index (χ4v) is 2.25. The third-order valence-electron chi connectivity index (χ3n) is 2.73. The maximum absolute atomic E-state index is 13.1. The monoisotopic (exact) mass is 292 g/mol. The third kappa shape index (κ3) is 2.25. The van der Waals surface area contributed by atoms with Crippen molar-refractivity contribution in [1.82, 2.24) is 4.90 Å². The van der Waals surface area contributed by atoms with Crippen LogP contribution in [-0.2, 0) is 0 Å². The van der Waals surface area contributed by atoms with Crippen molar-refractivity contribution < 1.29 is 22.7 Å². The van der Waals surface area contributed by atoms with Gasteiger partial charge in [-0.3, -0.25) is 0 Å². The smallest absolute Gasteiger partial charge is 0.440 e. The third-order valence-corrected chi connectivity index (χ3v) is 3.46. The fraction of sp³-hybridized carbons (Fsp3) is 0.364. The van der Waals surface area contributed by atoms with Gasteiger partial charge in [0.1, 0.15) is 5.70 Å². The molecule has 2 heterocycles. The molecule has 0 bridgehead atoms. The summed E-state index contributed by atoms with van der Waals surface area (Å²) in [5.74, 6) is 0.169. The topological polar surface area (TPSA) is 49.0 Å². The van der Waals surface area contributed by atoms with Gasteiger partial charge < -0.3 is 14.4 Å². The van der Waals surface area contributed by atoms with Crippen LogP contribution in [0.3, 0.4) is 0 Å². The molecular formula is C11H11F3N2O2S. The van der Waals surface area contributed by atoms with Gasteiger partial charge in [-0.2, -0.15) is 13.2 Å². The molecule has 1 atom stereocenters. The van der Waals surface area contributed by atoms with Gasteiger partial charge in [0.05, 0.1) is 6.26 Å². The molecule has 1 N–H and O–H groups in total. The molecule has 1 aliphatic heterocycles. The van der Waals surface area contributed by atoms with E-state index in [1.165, 1.54) is 18.4 Å². The van der Waals surface area contributed by atoms with Crippen LogP contribution in [0, 0.1) is 0 Å². The highest BCUT2D eigenvalue weighted by atomic mass is 32.2. The number of nitrogens with zero attached hydrogens (tertiary/aromatic N) is 2. The molecule has 0 aliphatic carbocycles. The Morgan fingerprint density at radius 3 is 2.63 bits per heavy atom. The molecule has 4 nitrogen and oxygen atoms in total. The maximum Gasteiger partial charge on any atom is 0.440 e. The minimum Gasteiger partial charge on any atom is -0.463 e. The first-order valence-corrected chi connectivity index (χ1v) is 6.44. The van der Waals surface area contributed by atoms with Gasteiger partial charge in [0.25, 0.3) is 5.72 Å². The summed E-state index contributed by atoms with van der Waals surface area (Å²) in [5, 5.41) is 9.99. The van der Waals surface area contributed by atoms with E-state index in [4.69, 9.17) is 4.42 Å². The molecule has 0 amide bonds.